The first-order valence-electron chi connectivity index (χ1n) is 6.90. The van der Waals surface area contributed by atoms with Crippen LogP contribution >= 0.6 is 7.14 Å². The van der Waals surface area contributed by atoms with Gasteiger partial charge in [-0.3, -0.25) is 5.84 Å². The van der Waals surface area contributed by atoms with Gasteiger partial charge in [0, 0.05) is 16.5 Å². The van der Waals surface area contributed by atoms with Crippen molar-refractivity contribution >= 4 is 18.0 Å². The van der Waals surface area contributed by atoms with E-state index in [4.69, 9.17) is 5.84 Å². The standard InChI is InChI=1S/C15H21N3OP/c1-11(2)20(19)13-8-6-5-7-12(13)15(3,4)17-9-10-18(16)14(17)20/h5-11H,16H2,1-4H3/q+1. The van der Waals surface area contributed by atoms with Crippen molar-refractivity contribution in [2.45, 2.75) is 38.9 Å². The summed E-state index contributed by atoms with van der Waals surface area (Å²) in [7, 11) is -2.73. The highest BCUT2D eigenvalue weighted by Gasteiger charge is 2.52. The van der Waals surface area contributed by atoms with E-state index in [0.717, 1.165) is 16.4 Å². The van der Waals surface area contributed by atoms with Gasteiger partial charge in [0.1, 0.15) is 11.7 Å². The second kappa shape index (κ2) is 3.98. The van der Waals surface area contributed by atoms with Crippen LogP contribution in [0, 0.1) is 0 Å². The van der Waals surface area contributed by atoms with Crippen molar-refractivity contribution in [3.63, 3.8) is 0 Å². The van der Waals surface area contributed by atoms with E-state index in [-0.39, 0.29) is 11.2 Å². The molecule has 20 heavy (non-hydrogen) atoms. The van der Waals surface area contributed by atoms with Gasteiger partial charge in [0.15, 0.2) is 6.20 Å². The maximum Gasteiger partial charge on any atom is 0.342 e. The molecular formula is C15H21N3OP+. The predicted molar refractivity (Wildman–Crippen MR) is 81.7 cm³/mol. The smallest absolute Gasteiger partial charge is 0.305 e. The van der Waals surface area contributed by atoms with E-state index in [9.17, 15) is 4.57 Å². The number of fused-ring (bicyclic) bond motifs is 2. The van der Waals surface area contributed by atoms with Gasteiger partial charge >= 0.3 is 5.57 Å². The third kappa shape index (κ3) is 1.43. The Balaban J connectivity index is 2.48. The van der Waals surface area contributed by atoms with E-state index >= 15 is 0 Å². The quantitative estimate of drug-likeness (QED) is 0.489. The van der Waals surface area contributed by atoms with Crippen LogP contribution in [-0.4, -0.2) is 10.2 Å². The lowest BCUT2D eigenvalue weighted by Gasteiger charge is -2.35. The second-order valence-corrected chi connectivity index (χ2v) is 9.43. The summed E-state index contributed by atoms with van der Waals surface area (Å²) in [6, 6.07) is 8.04. The monoisotopic (exact) mass is 290 g/mol. The zero-order valence-corrected chi connectivity index (χ0v) is 13.3. The SMILES string of the molecule is CC(C)P1(=O)c2ccccc2C(C)(C)n2cc[n+](N)c21. The van der Waals surface area contributed by atoms with E-state index in [1.807, 2.05) is 38.2 Å². The Morgan fingerprint density at radius 2 is 1.95 bits per heavy atom. The summed E-state index contributed by atoms with van der Waals surface area (Å²) in [5, 5.41) is 0.949. The van der Waals surface area contributed by atoms with Crippen molar-refractivity contribution in [1.82, 2.24) is 4.57 Å². The number of nitrogen functional groups attached to an aromatic ring is 1. The molecule has 0 radical (unpaired) electrons. The first-order chi connectivity index (χ1) is 9.31. The van der Waals surface area contributed by atoms with Gasteiger partial charge in [0.2, 0.25) is 7.14 Å². The number of hydrogen-bond acceptors (Lipinski definition) is 2. The van der Waals surface area contributed by atoms with Crippen LogP contribution in [0.1, 0.15) is 33.3 Å². The van der Waals surface area contributed by atoms with Crippen LogP contribution in [0.4, 0.5) is 0 Å². The zero-order valence-electron chi connectivity index (χ0n) is 12.4. The summed E-state index contributed by atoms with van der Waals surface area (Å²) >= 11 is 0. The zero-order chi connectivity index (χ0) is 14.7. The highest BCUT2D eigenvalue weighted by Crippen LogP contribution is 2.52. The fourth-order valence-corrected chi connectivity index (χ4v) is 6.49. The lowest BCUT2D eigenvalue weighted by atomic mass is 9.94. The van der Waals surface area contributed by atoms with Gasteiger partial charge in [-0.2, -0.15) is 0 Å². The Bertz CT molecular complexity index is 730. The minimum atomic E-state index is -2.73. The molecule has 0 saturated heterocycles. The molecule has 0 aliphatic carbocycles. The van der Waals surface area contributed by atoms with Gasteiger partial charge in [-0.05, 0) is 13.8 Å². The van der Waals surface area contributed by atoms with Crippen molar-refractivity contribution in [2.75, 3.05) is 5.84 Å². The summed E-state index contributed by atoms with van der Waals surface area (Å²) in [6.07, 6.45) is 3.72. The van der Waals surface area contributed by atoms with E-state index in [2.05, 4.69) is 24.5 Å². The molecule has 2 N–H and O–H groups in total. The maximum absolute atomic E-state index is 13.8. The predicted octanol–water partition coefficient (Wildman–Crippen LogP) is 1.31. The fraction of sp³-hybridized carbons (Fsp3) is 0.400. The molecular weight excluding hydrogens is 269 g/mol. The van der Waals surface area contributed by atoms with Gasteiger partial charge in [0.25, 0.3) is 0 Å². The minimum Gasteiger partial charge on any atom is -0.305 e. The molecule has 1 atom stereocenters. The first-order valence-corrected chi connectivity index (χ1v) is 8.67. The Morgan fingerprint density at radius 3 is 2.60 bits per heavy atom. The highest BCUT2D eigenvalue weighted by molar-refractivity contribution is 7.78. The number of aromatic nitrogens is 2. The molecule has 0 amide bonds. The van der Waals surface area contributed by atoms with Crippen molar-refractivity contribution in [2.24, 2.45) is 0 Å². The Labute approximate surface area is 119 Å². The molecule has 1 unspecified atom stereocenters. The van der Waals surface area contributed by atoms with Crippen LogP contribution in [0.5, 0.6) is 0 Å². The van der Waals surface area contributed by atoms with Gasteiger partial charge in [-0.15, -0.1) is 4.68 Å². The van der Waals surface area contributed by atoms with E-state index < -0.39 is 7.14 Å². The normalized spacial score (nSPS) is 23.4. The Kier molecular flexibility index (Phi) is 2.68. The van der Waals surface area contributed by atoms with Gasteiger partial charge in [-0.1, -0.05) is 38.1 Å². The van der Waals surface area contributed by atoms with Crippen molar-refractivity contribution in [1.29, 1.82) is 0 Å². The number of nitrogens with two attached hydrogens (primary N) is 1. The highest BCUT2D eigenvalue weighted by atomic mass is 31.2. The summed E-state index contributed by atoms with van der Waals surface area (Å²) in [5.41, 5.74) is 1.62. The van der Waals surface area contributed by atoms with Crippen molar-refractivity contribution in [3.8, 4) is 0 Å². The Morgan fingerprint density at radius 1 is 1.30 bits per heavy atom. The molecule has 0 spiro atoms. The van der Waals surface area contributed by atoms with Crippen LogP contribution < -0.4 is 21.4 Å². The van der Waals surface area contributed by atoms with Gasteiger partial charge in [-0.25, -0.2) is 4.57 Å². The molecule has 2 aromatic rings. The van der Waals surface area contributed by atoms with Crippen LogP contribution in [0.25, 0.3) is 0 Å². The Hall–Kier alpha value is -1.54. The van der Waals surface area contributed by atoms with E-state index in [1.165, 1.54) is 4.68 Å². The van der Waals surface area contributed by atoms with Crippen LogP contribution in [0.3, 0.4) is 0 Å². The average molecular weight is 290 g/mol. The fourth-order valence-electron chi connectivity index (χ4n) is 3.19. The molecule has 0 bridgehead atoms. The van der Waals surface area contributed by atoms with E-state index in [1.54, 1.807) is 6.20 Å². The third-order valence-corrected chi connectivity index (χ3v) is 7.97. The third-order valence-electron chi connectivity index (χ3n) is 4.37. The molecule has 4 nitrogen and oxygen atoms in total. The summed E-state index contributed by atoms with van der Waals surface area (Å²) in [4.78, 5) is 0. The molecule has 0 fully saturated rings. The van der Waals surface area contributed by atoms with E-state index in [0.29, 0.717) is 0 Å². The van der Waals surface area contributed by atoms with Gasteiger partial charge in [0.05, 0.1) is 0 Å². The lowest BCUT2D eigenvalue weighted by Crippen LogP contribution is -2.62. The van der Waals surface area contributed by atoms with Gasteiger partial charge < -0.3 is 4.57 Å². The molecule has 3 rings (SSSR count). The minimum absolute atomic E-state index is 0.0169. The first kappa shape index (κ1) is 13.4. The molecule has 1 aromatic carbocycles. The largest absolute Gasteiger partial charge is 0.342 e. The molecule has 2 heterocycles. The molecule has 106 valence electrons. The topological polar surface area (TPSA) is 51.9 Å². The molecule has 1 aliphatic rings. The molecule has 1 aliphatic heterocycles. The van der Waals surface area contributed by atoms with Crippen molar-refractivity contribution in [3.05, 3.63) is 42.2 Å². The molecule has 5 heteroatoms. The number of benzene rings is 1. The number of rotatable bonds is 1. The van der Waals surface area contributed by atoms with Crippen LogP contribution in [0.2, 0.25) is 0 Å². The summed E-state index contributed by atoms with van der Waals surface area (Å²) in [5.74, 6) is 6.08. The van der Waals surface area contributed by atoms with Crippen LogP contribution in [-0.2, 0) is 10.1 Å². The van der Waals surface area contributed by atoms with Crippen molar-refractivity contribution < 1.29 is 9.24 Å². The lowest BCUT2D eigenvalue weighted by molar-refractivity contribution is -0.619. The summed E-state index contributed by atoms with van der Waals surface area (Å²) in [6.45, 7) is 8.29. The second-order valence-electron chi connectivity index (χ2n) is 6.20. The maximum atomic E-state index is 13.8. The number of hydrogen-bond donors (Lipinski definition) is 1. The average Bonchev–Trinajstić information content (AvgIpc) is 2.80. The molecule has 1 aromatic heterocycles. The summed E-state index contributed by atoms with van der Waals surface area (Å²) < 4.78 is 17.4. The molecule has 0 saturated carbocycles. The van der Waals surface area contributed by atoms with Crippen LogP contribution in [0.15, 0.2) is 36.7 Å². The number of nitrogens with zero attached hydrogens (tertiary/aromatic N) is 2. The number of imidazole rings is 1.